The number of hydrogen-bond donors (Lipinski definition) is 1. The van der Waals surface area contributed by atoms with Gasteiger partial charge in [0.05, 0.1) is 0 Å². The maximum Gasteiger partial charge on any atom is 0.127 e. The maximum atomic E-state index is 13.6. The van der Waals surface area contributed by atoms with Crippen molar-refractivity contribution >= 4 is 15.9 Å². The van der Waals surface area contributed by atoms with Crippen molar-refractivity contribution in [2.45, 2.75) is 46.2 Å². The molecule has 2 rings (SSSR count). The quantitative estimate of drug-likeness (QED) is 0.866. The first-order valence-corrected chi connectivity index (χ1v) is 7.34. The lowest BCUT2D eigenvalue weighted by atomic mass is 9.91. The first-order chi connectivity index (χ1) is 8.37. The Morgan fingerprint density at radius 1 is 1.39 bits per heavy atom. The molecule has 1 N–H and O–H groups in total. The number of rotatable bonds is 3. The Morgan fingerprint density at radius 2 is 2.11 bits per heavy atom. The van der Waals surface area contributed by atoms with E-state index in [0.29, 0.717) is 23.9 Å². The normalized spacial score (nSPS) is 26.5. The van der Waals surface area contributed by atoms with Crippen LogP contribution in [-0.2, 0) is 6.54 Å². The van der Waals surface area contributed by atoms with Crippen LogP contribution in [0, 0.1) is 17.2 Å². The third-order valence-corrected chi connectivity index (χ3v) is 4.39. The molecule has 0 radical (unpaired) electrons. The second kappa shape index (κ2) is 5.30. The van der Waals surface area contributed by atoms with Crippen LogP contribution in [-0.4, -0.2) is 6.04 Å². The summed E-state index contributed by atoms with van der Waals surface area (Å²) >= 11 is 3.39. The van der Waals surface area contributed by atoms with E-state index in [4.69, 9.17) is 0 Å². The lowest BCUT2D eigenvalue weighted by Crippen LogP contribution is -2.31. The fraction of sp³-hybridized carbons (Fsp3) is 0.600. The Balaban J connectivity index is 1.98. The zero-order valence-corrected chi connectivity index (χ0v) is 12.8. The average Bonchev–Trinajstić information content (AvgIpc) is 2.53. The molecular weight excluding hydrogens is 293 g/mol. The molecule has 0 amide bonds. The molecule has 0 spiro atoms. The SMILES string of the molecule is CC1CC(C)(C)CC1NCc1cc(Br)ccc1F. The van der Waals surface area contributed by atoms with Crippen molar-refractivity contribution < 1.29 is 4.39 Å². The van der Waals surface area contributed by atoms with E-state index in [1.165, 1.54) is 18.9 Å². The van der Waals surface area contributed by atoms with E-state index in [1.54, 1.807) is 6.07 Å². The summed E-state index contributed by atoms with van der Waals surface area (Å²) in [5.41, 5.74) is 1.15. The summed E-state index contributed by atoms with van der Waals surface area (Å²) in [6.07, 6.45) is 2.41. The monoisotopic (exact) mass is 313 g/mol. The molecule has 0 saturated heterocycles. The highest BCUT2D eigenvalue weighted by atomic mass is 79.9. The summed E-state index contributed by atoms with van der Waals surface area (Å²) in [4.78, 5) is 0. The molecule has 1 aromatic rings. The van der Waals surface area contributed by atoms with Crippen molar-refractivity contribution in [2.24, 2.45) is 11.3 Å². The van der Waals surface area contributed by atoms with E-state index in [2.05, 4.69) is 42.0 Å². The number of nitrogens with one attached hydrogen (secondary N) is 1. The predicted octanol–water partition coefficient (Wildman–Crippen LogP) is 4.50. The highest BCUT2D eigenvalue weighted by molar-refractivity contribution is 9.10. The van der Waals surface area contributed by atoms with Crippen LogP contribution < -0.4 is 5.32 Å². The van der Waals surface area contributed by atoms with Crippen molar-refractivity contribution in [3.8, 4) is 0 Å². The summed E-state index contributed by atoms with van der Waals surface area (Å²) in [5.74, 6) is 0.533. The fourth-order valence-corrected chi connectivity index (χ4v) is 3.50. The number of halogens is 2. The van der Waals surface area contributed by atoms with Gasteiger partial charge in [0, 0.05) is 22.6 Å². The van der Waals surface area contributed by atoms with Crippen molar-refractivity contribution in [3.05, 3.63) is 34.1 Å². The zero-order valence-electron chi connectivity index (χ0n) is 11.3. The lowest BCUT2D eigenvalue weighted by molar-refractivity contribution is 0.361. The summed E-state index contributed by atoms with van der Waals surface area (Å²) in [5, 5.41) is 3.51. The van der Waals surface area contributed by atoms with Crippen LogP contribution in [0.3, 0.4) is 0 Å². The van der Waals surface area contributed by atoms with Gasteiger partial charge in [0.25, 0.3) is 0 Å². The molecule has 0 aromatic heterocycles. The Hall–Kier alpha value is -0.410. The summed E-state index contributed by atoms with van der Waals surface area (Å²) in [6, 6.07) is 5.61. The predicted molar refractivity (Wildman–Crippen MR) is 76.9 cm³/mol. The van der Waals surface area contributed by atoms with Crippen LogP contribution in [0.5, 0.6) is 0 Å². The van der Waals surface area contributed by atoms with Crippen molar-refractivity contribution in [2.75, 3.05) is 0 Å². The molecule has 0 bridgehead atoms. The maximum absolute atomic E-state index is 13.6. The fourth-order valence-electron chi connectivity index (χ4n) is 3.09. The van der Waals surface area contributed by atoms with Gasteiger partial charge >= 0.3 is 0 Å². The second-order valence-electron chi connectivity index (χ2n) is 6.27. The van der Waals surface area contributed by atoms with Crippen LogP contribution >= 0.6 is 15.9 Å². The summed E-state index contributed by atoms with van der Waals surface area (Å²) < 4.78 is 14.6. The lowest BCUT2D eigenvalue weighted by Gasteiger charge is -2.19. The van der Waals surface area contributed by atoms with Gasteiger partial charge in [-0.1, -0.05) is 36.7 Å². The zero-order chi connectivity index (χ0) is 13.3. The van der Waals surface area contributed by atoms with E-state index in [-0.39, 0.29) is 5.82 Å². The van der Waals surface area contributed by atoms with Crippen molar-refractivity contribution in [1.82, 2.24) is 5.32 Å². The Morgan fingerprint density at radius 3 is 2.72 bits per heavy atom. The van der Waals surface area contributed by atoms with Gasteiger partial charge in [0.15, 0.2) is 0 Å². The molecule has 0 aliphatic heterocycles. The molecule has 1 fully saturated rings. The molecule has 1 aliphatic carbocycles. The molecule has 0 heterocycles. The first kappa shape index (κ1) is 14.0. The Kier molecular flexibility index (Phi) is 4.12. The molecule has 18 heavy (non-hydrogen) atoms. The minimum Gasteiger partial charge on any atom is -0.310 e. The molecule has 1 saturated carbocycles. The van der Waals surface area contributed by atoms with Gasteiger partial charge in [-0.3, -0.25) is 0 Å². The highest BCUT2D eigenvalue weighted by Crippen LogP contribution is 2.40. The van der Waals surface area contributed by atoms with Crippen molar-refractivity contribution in [1.29, 1.82) is 0 Å². The van der Waals surface area contributed by atoms with Crippen LogP contribution in [0.1, 0.15) is 39.2 Å². The van der Waals surface area contributed by atoms with E-state index >= 15 is 0 Å². The molecule has 2 atom stereocenters. The molecular formula is C15H21BrFN. The van der Waals surface area contributed by atoms with E-state index in [0.717, 1.165) is 10.0 Å². The first-order valence-electron chi connectivity index (χ1n) is 6.55. The third-order valence-electron chi connectivity index (χ3n) is 3.90. The van der Waals surface area contributed by atoms with E-state index in [1.807, 2.05) is 6.07 Å². The minimum atomic E-state index is -0.129. The Bertz CT molecular complexity index is 431. The molecule has 3 heteroatoms. The minimum absolute atomic E-state index is 0.129. The van der Waals surface area contributed by atoms with Gasteiger partial charge < -0.3 is 5.32 Å². The molecule has 1 aromatic carbocycles. The van der Waals surface area contributed by atoms with E-state index in [9.17, 15) is 4.39 Å². The van der Waals surface area contributed by atoms with Crippen LogP contribution in [0.2, 0.25) is 0 Å². The van der Waals surface area contributed by atoms with E-state index < -0.39 is 0 Å². The number of benzene rings is 1. The van der Waals surface area contributed by atoms with Crippen LogP contribution in [0.4, 0.5) is 4.39 Å². The topological polar surface area (TPSA) is 12.0 Å². The van der Waals surface area contributed by atoms with Gasteiger partial charge in [-0.15, -0.1) is 0 Å². The molecule has 100 valence electrons. The smallest absolute Gasteiger partial charge is 0.127 e. The highest BCUT2D eigenvalue weighted by Gasteiger charge is 2.36. The Labute approximate surface area is 117 Å². The largest absolute Gasteiger partial charge is 0.310 e. The second-order valence-corrected chi connectivity index (χ2v) is 7.19. The molecule has 1 nitrogen and oxygen atoms in total. The van der Waals surface area contributed by atoms with Gasteiger partial charge in [-0.2, -0.15) is 0 Å². The van der Waals surface area contributed by atoms with Gasteiger partial charge in [0.1, 0.15) is 5.82 Å². The standard InChI is InChI=1S/C15H21BrFN/c1-10-7-15(2,3)8-14(10)18-9-11-6-12(16)4-5-13(11)17/h4-6,10,14,18H,7-9H2,1-3H3. The van der Waals surface area contributed by atoms with Gasteiger partial charge in [-0.25, -0.2) is 4.39 Å². The van der Waals surface area contributed by atoms with Crippen LogP contribution in [0.25, 0.3) is 0 Å². The van der Waals surface area contributed by atoms with Gasteiger partial charge in [-0.05, 0) is 42.4 Å². The third kappa shape index (κ3) is 3.33. The number of hydrogen-bond acceptors (Lipinski definition) is 1. The molecule has 2 unspecified atom stereocenters. The van der Waals surface area contributed by atoms with Gasteiger partial charge in [0.2, 0.25) is 0 Å². The summed E-state index contributed by atoms with van der Waals surface area (Å²) in [6.45, 7) is 7.51. The van der Waals surface area contributed by atoms with Crippen LogP contribution in [0.15, 0.2) is 22.7 Å². The summed E-state index contributed by atoms with van der Waals surface area (Å²) in [7, 11) is 0. The average molecular weight is 314 g/mol. The van der Waals surface area contributed by atoms with Crippen molar-refractivity contribution in [3.63, 3.8) is 0 Å². The molecule has 1 aliphatic rings.